The van der Waals surface area contributed by atoms with Crippen molar-refractivity contribution in [3.63, 3.8) is 0 Å². The molecule has 1 aromatic rings. The molecule has 0 N–H and O–H groups in total. The number of rotatable bonds is 5. The van der Waals surface area contributed by atoms with Gasteiger partial charge in [-0.3, -0.25) is 4.31 Å². The van der Waals surface area contributed by atoms with Crippen LogP contribution in [-0.4, -0.2) is 27.8 Å². The van der Waals surface area contributed by atoms with Gasteiger partial charge in [0.15, 0.2) is 0 Å². The highest BCUT2D eigenvalue weighted by Crippen LogP contribution is 2.37. The van der Waals surface area contributed by atoms with Crippen molar-refractivity contribution in [2.45, 2.75) is 37.9 Å². The summed E-state index contributed by atoms with van der Waals surface area (Å²) < 4.78 is 31.3. The van der Waals surface area contributed by atoms with Crippen molar-refractivity contribution in [3.8, 4) is 5.75 Å². The molecule has 4 nitrogen and oxygen atoms in total. The van der Waals surface area contributed by atoms with Crippen LogP contribution in [0.3, 0.4) is 0 Å². The molecule has 0 aliphatic heterocycles. The molecule has 106 valence electrons. The van der Waals surface area contributed by atoms with E-state index in [0.717, 1.165) is 24.1 Å². The average molecular weight is 283 g/mol. The Bertz CT molecular complexity index is 562. The first kappa shape index (κ1) is 14.2. The Morgan fingerprint density at radius 3 is 2.42 bits per heavy atom. The van der Waals surface area contributed by atoms with Crippen LogP contribution in [-0.2, 0) is 10.0 Å². The third-order valence-corrected chi connectivity index (χ3v) is 5.80. The smallest absolute Gasteiger partial charge is 0.237 e. The number of nitrogens with zero attached hydrogens (tertiary/aromatic N) is 1. The molecule has 0 heterocycles. The van der Waals surface area contributed by atoms with Crippen molar-refractivity contribution in [1.82, 2.24) is 0 Å². The van der Waals surface area contributed by atoms with Crippen LogP contribution >= 0.6 is 0 Å². The normalized spacial score (nSPS) is 15.6. The van der Waals surface area contributed by atoms with Gasteiger partial charge < -0.3 is 4.74 Å². The van der Waals surface area contributed by atoms with Gasteiger partial charge in [-0.1, -0.05) is 19.9 Å². The molecule has 0 saturated heterocycles. The summed E-state index contributed by atoms with van der Waals surface area (Å²) in [7, 11) is -0.00197. The van der Waals surface area contributed by atoms with Gasteiger partial charge in [-0.25, -0.2) is 8.42 Å². The van der Waals surface area contributed by atoms with Crippen molar-refractivity contribution >= 4 is 15.7 Å². The Hall–Kier alpha value is -1.23. The van der Waals surface area contributed by atoms with Gasteiger partial charge in [0, 0.05) is 13.1 Å². The topological polar surface area (TPSA) is 46.6 Å². The van der Waals surface area contributed by atoms with E-state index in [0.29, 0.717) is 5.75 Å². The van der Waals surface area contributed by atoms with Crippen molar-refractivity contribution < 1.29 is 13.2 Å². The SMILES string of the molecule is COc1ccc(C(C)C)c(N(C)S(=O)(=O)C2CC2)c1. The number of hydrogen-bond acceptors (Lipinski definition) is 3. The molecule has 1 fully saturated rings. The van der Waals surface area contributed by atoms with E-state index in [1.807, 2.05) is 12.1 Å². The summed E-state index contributed by atoms with van der Waals surface area (Å²) in [6, 6.07) is 5.61. The molecule has 0 aromatic heterocycles. The second kappa shape index (κ2) is 5.04. The predicted octanol–water partition coefficient (Wildman–Crippen LogP) is 2.75. The molecule has 5 heteroatoms. The maximum atomic E-state index is 12.4. The zero-order chi connectivity index (χ0) is 14.2. The third kappa shape index (κ3) is 2.71. The van der Waals surface area contributed by atoms with E-state index in [-0.39, 0.29) is 11.2 Å². The third-order valence-electron chi connectivity index (χ3n) is 3.53. The maximum absolute atomic E-state index is 12.4. The molecule has 19 heavy (non-hydrogen) atoms. The number of ether oxygens (including phenoxy) is 1. The second-order valence-electron chi connectivity index (χ2n) is 5.29. The Morgan fingerprint density at radius 1 is 1.32 bits per heavy atom. The van der Waals surface area contributed by atoms with Crippen LogP contribution in [0.15, 0.2) is 18.2 Å². The molecular weight excluding hydrogens is 262 g/mol. The molecule has 0 unspecified atom stereocenters. The number of methoxy groups -OCH3 is 1. The van der Waals surface area contributed by atoms with Crippen molar-refractivity contribution in [1.29, 1.82) is 0 Å². The quantitative estimate of drug-likeness (QED) is 0.834. The van der Waals surface area contributed by atoms with Gasteiger partial charge in [0.2, 0.25) is 10.0 Å². The lowest BCUT2D eigenvalue weighted by Crippen LogP contribution is -2.30. The summed E-state index contributed by atoms with van der Waals surface area (Å²) >= 11 is 0. The van der Waals surface area contributed by atoms with Gasteiger partial charge in [-0.2, -0.15) is 0 Å². The van der Waals surface area contributed by atoms with Gasteiger partial charge in [0.05, 0.1) is 18.0 Å². The van der Waals surface area contributed by atoms with Crippen LogP contribution in [0.2, 0.25) is 0 Å². The maximum Gasteiger partial charge on any atom is 0.237 e. The van der Waals surface area contributed by atoms with Gasteiger partial charge in [-0.15, -0.1) is 0 Å². The minimum atomic E-state index is -3.22. The molecule has 1 saturated carbocycles. The van der Waals surface area contributed by atoms with Crippen LogP contribution in [0.25, 0.3) is 0 Å². The summed E-state index contributed by atoms with van der Waals surface area (Å²) in [4.78, 5) is 0. The van der Waals surface area contributed by atoms with Crippen LogP contribution in [0, 0.1) is 0 Å². The number of anilines is 1. The minimum absolute atomic E-state index is 0.205. The summed E-state index contributed by atoms with van der Waals surface area (Å²) in [5.41, 5.74) is 1.74. The Morgan fingerprint density at radius 2 is 1.95 bits per heavy atom. The summed E-state index contributed by atoms with van der Waals surface area (Å²) in [5, 5.41) is -0.205. The number of sulfonamides is 1. The Balaban J connectivity index is 2.46. The highest BCUT2D eigenvalue weighted by Gasteiger charge is 2.39. The molecule has 0 bridgehead atoms. The van der Waals surface area contributed by atoms with Crippen LogP contribution in [0.5, 0.6) is 5.75 Å². The van der Waals surface area contributed by atoms with Crippen LogP contribution < -0.4 is 9.04 Å². The lowest BCUT2D eigenvalue weighted by atomic mass is 10.0. The molecule has 2 rings (SSSR count). The fraction of sp³-hybridized carbons (Fsp3) is 0.571. The molecule has 0 spiro atoms. The first-order valence-electron chi connectivity index (χ1n) is 6.53. The average Bonchev–Trinajstić information content (AvgIpc) is 3.21. The van der Waals surface area contributed by atoms with E-state index in [9.17, 15) is 8.42 Å². The zero-order valence-corrected chi connectivity index (χ0v) is 12.7. The van der Waals surface area contributed by atoms with E-state index in [4.69, 9.17) is 4.74 Å². The van der Waals surface area contributed by atoms with Crippen LogP contribution in [0.1, 0.15) is 38.2 Å². The molecule has 0 atom stereocenters. The molecule has 1 aliphatic carbocycles. The van der Waals surface area contributed by atoms with E-state index < -0.39 is 10.0 Å². The van der Waals surface area contributed by atoms with E-state index in [1.54, 1.807) is 20.2 Å². The first-order chi connectivity index (χ1) is 8.87. The Labute approximate surface area is 115 Å². The molecule has 1 aliphatic rings. The minimum Gasteiger partial charge on any atom is -0.497 e. The van der Waals surface area contributed by atoms with Crippen molar-refractivity contribution in [3.05, 3.63) is 23.8 Å². The zero-order valence-electron chi connectivity index (χ0n) is 11.9. The monoisotopic (exact) mass is 283 g/mol. The number of hydrogen-bond donors (Lipinski definition) is 0. The highest BCUT2D eigenvalue weighted by atomic mass is 32.2. The predicted molar refractivity (Wildman–Crippen MR) is 77.4 cm³/mol. The van der Waals surface area contributed by atoms with Crippen molar-refractivity contribution in [2.24, 2.45) is 0 Å². The fourth-order valence-corrected chi connectivity index (χ4v) is 3.75. The van der Waals surface area contributed by atoms with Gasteiger partial charge in [0.1, 0.15) is 5.75 Å². The van der Waals surface area contributed by atoms with Crippen molar-refractivity contribution in [2.75, 3.05) is 18.5 Å². The standard InChI is InChI=1S/C14H21NO3S/c1-10(2)13-8-5-11(18-4)9-14(13)15(3)19(16,17)12-6-7-12/h5,8-10,12H,6-7H2,1-4H3. The summed E-state index contributed by atoms with van der Waals surface area (Å²) in [5.74, 6) is 0.940. The van der Waals surface area contributed by atoms with Gasteiger partial charge >= 0.3 is 0 Å². The molecule has 1 aromatic carbocycles. The lowest BCUT2D eigenvalue weighted by molar-refractivity contribution is 0.414. The molecular formula is C14H21NO3S. The number of benzene rings is 1. The Kier molecular flexibility index (Phi) is 3.76. The first-order valence-corrected chi connectivity index (χ1v) is 8.04. The highest BCUT2D eigenvalue weighted by molar-refractivity contribution is 7.93. The molecule has 0 amide bonds. The van der Waals surface area contributed by atoms with E-state index in [2.05, 4.69) is 13.8 Å². The van der Waals surface area contributed by atoms with Gasteiger partial charge in [-0.05, 0) is 30.4 Å². The summed E-state index contributed by atoms with van der Waals surface area (Å²) in [6.45, 7) is 4.12. The fourth-order valence-electron chi connectivity index (χ4n) is 2.14. The lowest BCUT2D eigenvalue weighted by Gasteiger charge is -2.24. The van der Waals surface area contributed by atoms with E-state index >= 15 is 0 Å². The second-order valence-corrected chi connectivity index (χ2v) is 7.54. The van der Waals surface area contributed by atoms with Gasteiger partial charge in [0.25, 0.3) is 0 Å². The molecule has 0 radical (unpaired) electrons. The van der Waals surface area contributed by atoms with Crippen LogP contribution in [0.4, 0.5) is 5.69 Å². The van der Waals surface area contributed by atoms with E-state index in [1.165, 1.54) is 4.31 Å². The largest absolute Gasteiger partial charge is 0.497 e. The summed E-state index contributed by atoms with van der Waals surface area (Å²) in [6.07, 6.45) is 1.54.